The third kappa shape index (κ3) is 2.59. The van der Waals surface area contributed by atoms with Crippen molar-refractivity contribution in [2.45, 2.75) is 44.2 Å². The van der Waals surface area contributed by atoms with E-state index in [0.29, 0.717) is 12.8 Å². The first-order chi connectivity index (χ1) is 9.25. The minimum Gasteiger partial charge on any atom is -0.425 e. The number of aromatic nitrogens is 1. The summed E-state index contributed by atoms with van der Waals surface area (Å²) in [6.45, 7) is 0. The molecule has 0 spiro atoms. The van der Waals surface area contributed by atoms with Gasteiger partial charge in [-0.05, 0) is 18.9 Å². The topological polar surface area (TPSA) is 42.2 Å². The number of rotatable bonds is 1. The van der Waals surface area contributed by atoms with Crippen LogP contribution in [0.2, 0.25) is 0 Å². The van der Waals surface area contributed by atoms with Crippen LogP contribution in [-0.2, 0) is 6.18 Å². The summed E-state index contributed by atoms with van der Waals surface area (Å²) in [7, 11) is 0. The van der Waals surface area contributed by atoms with Crippen LogP contribution in [0.15, 0.2) is 10.8 Å². The molecule has 3 nitrogen and oxygen atoms in total. The fraction of sp³-hybridized carbons (Fsp3) is 0.583. The molecule has 1 aliphatic carbocycles. The molecule has 0 radical (unpaired) electrons. The third-order valence-corrected chi connectivity index (χ3v) is 3.36. The van der Waals surface area contributed by atoms with Gasteiger partial charge in [-0.2, -0.15) is 13.2 Å². The van der Waals surface area contributed by atoms with E-state index in [1.165, 1.54) is 0 Å². The summed E-state index contributed by atoms with van der Waals surface area (Å²) in [4.78, 5) is 11.4. The minimum atomic E-state index is -5.14. The Labute approximate surface area is 107 Å². The summed E-state index contributed by atoms with van der Waals surface area (Å²) in [6, 6.07) is -1.15. The molecule has 1 aromatic rings. The van der Waals surface area contributed by atoms with Gasteiger partial charge in [0.2, 0.25) is 5.82 Å². The Hall–Kier alpha value is -1.53. The van der Waals surface area contributed by atoms with Gasteiger partial charge >= 0.3 is 11.7 Å². The molecule has 0 saturated heterocycles. The molecule has 0 bridgehead atoms. The summed E-state index contributed by atoms with van der Waals surface area (Å²) in [5.41, 5.74) is -4.09. The first kappa shape index (κ1) is 12.5. The lowest BCUT2D eigenvalue weighted by atomic mass is 9.86. The highest BCUT2D eigenvalue weighted by Crippen LogP contribution is 2.36. The smallest absolute Gasteiger partial charge is 0.419 e. The lowest BCUT2D eigenvalue weighted by Crippen LogP contribution is -2.30. The van der Waals surface area contributed by atoms with Gasteiger partial charge in [-0.15, -0.1) is 4.73 Å². The van der Waals surface area contributed by atoms with Crippen molar-refractivity contribution < 1.29 is 24.1 Å². The summed E-state index contributed by atoms with van der Waals surface area (Å²) in [5.74, 6) is -2.67. The molecule has 2 rings (SSSR count). The van der Waals surface area contributed by atoms with Gasteiger partial charge < -0.3 is 5.21 Å². The van der Waals surface area contributed by atoms with Crippen molar-refractivity contribution in [1.82, 2.24) is 4.73 Å². The predicted molar refractivity (Wildman–Crippen MR) is 58.7 cm³/mol. The zero-order valence-corrected chi connectivity index (χ0v) is 9.93. The maximum atomic E-state index is 13.4. The molecule has 1 aromatic heterocycles. The summed E-state index contributed by atoms with van der Waals surface area (Å²) >= 11 is 0. The van der Waals surface area contributed by atoms with Crippen LogP contribution in [0.4, 0.5) is 17.6 Å². The second-order valence-electron chi connectivity index (χ2n) is 4.65. The normalized spacial score (nSPS) is 18.4. The fourth-order valence-corrected chi connectivity index (χ4v) is 2.39. The van der Waals surface area contributed by atoms with Crippen molar-refractivity contribution >= 4 is 0 Å². The van der Waals surface area contributed by atoms with Crippen molar-refractivity contribution in [1.29, 1.82) is 0 Å². The lowest BCUT2D eigenvalue weighted by molar-refractivity contribution is -0.140. The van der Waals surface area contributed by atoms with Crippen LogP contribution in [0.5, 0.6) is 0 Å². The minimum absolute atomic E-state index is 0.136. The summed E-state index contributed by atoms with van der Waals surface area (Å²) < 4.78 is 59.2. The first-order valence-corrected chi connectivity index (χ1v) is 5.96. The molecule has 106 valence electrons. The molecule has 19 heavy (non-hydrogen) atoms. The van der Waals surface area contributed by atoms with Gasteiger partial charge in [0.05, 0.1) is 12.6 Å². The van der Waals surface area contributed by atoms with Crippen LogP contribution in [0, 0.1) is 5.82 Å². The summed E-state index contributed by atoms with van der Waals surface area (Å²) in [5, 5.41) is 9.58. The van der Waals surface area contributed by atoms with Crippen LogP contribution in [0.3, 0.4) is 0 Å². The van der Waals surface area contributed by atoms with Crippen molar-refractivity contribution in [2.24, 2.45) is 0 Å². The molecule has 0 aromatic carbocycles. The number of alkyl halides is 3. The number of hydrogen-bond acceptors (Lipinski definition) is 2. The summed E-state index contributed by atoms with van der Waals surface area (Å²) in [6.07, 6.45) is -1.83. The van der Waals surface area contributed by atoms with Crippen molar-refractivity contribution in [2.75, 3.05) is 0 Å². The van der Waals surface area contributed by atoms with Gasteiger partial charge in [0.15, 0.2) is 0 Å². The van der Waals surface area contributed by atoms with E-state index in [2.05, 4.69) is 0 Å². The molecule has 0 aliphatic heterocycles. The van der Waals surface area contributed by atoms with Gasteiger partial charge in [-0.25, -0.2) is 4.39 Å². The van der Waals surface area contributed by atoms with Crippen LogP contribution >= 0.6 is 0 Å². The van der Waals surface area contributed by atoms with E-state index in [-0.39, 0.29) is 4.73 Å². The maximum Gasteiger partial charge on any atom is 0.419 e. The number of halogens is 4. The largest absolute Gasteiger partial charge is 0.425 e. The molecule has 1 fully saturated rings. The first-order valence-electron chi connectivity index (χ1n) is 6.46. The predicted octanol–water partition coefficient (Wildman–Crippen LogP) is 3.29. The highest BCUT2D eigenvalue weighted by Gasteiger charge is 2.37. The fourth-order valence-electron chi connectivity index (χ4n) is 2.39. The van der Waals surface area contributed by atoms with E-state index in [4.69, 9.17) is 1.37 Å². The highest BCUT2D eigenvalue weighted by atomic mass is 19.4. The lowest BCUT2D eigenvalue weighted by Gasteiger charge is -2.23. The Kier molecular flexibility index (Phi) is 3.20. The number of hydrogen-bond donors (Lipinski definition) is 1. The monoisotopic (exact) mass is 280 g/mol. The third-order valence-electron chi connectivity index (χ3n) is 3.36. The van der Waals surface area contributed by atoms with E-state index in [1.54, 1.807) is 0 Å². The molecule has 0 amide bonds. The molecule has 1 heterocycles. The van der Waals surface area contributed by atoms with Crippen molar-refractivity contribution in [3.05, 3.63) is 33.5 Å². The van der Waals surface area contributed by atoms with Crippen LogP contribution in [0.1, 0.15) is 50.7 Å². The second-order valence-corrected chi connectivity index (χ2v) is 4.65. The van der Waals surface area contributed by atoms with E-state index >= 15 is 0 Å². The Morgan fingerprint density at radius 2 is 1.89 bits per heavy atom. The Bertz CT molecular complexity index is 576. The quantitative estimate of drug-likeness (QED) is 0.633. The van der Waals surface area contributed by atoms with E-state index in [9.17, 15) is 27.6 Å². The average molecular weight is 280 g/mol. The van der Waals surface area contributed by atoms with Gasteiger partial charge in [-0.1, -0.05) is 19.3 Å². The van der Waals surface area contributed by atoms with Gasteiger partial charge in [-0.3, -0.25) is 4.79 Å². The van der Waals surface area contributed by atoms with Crippen molar-refractivity contribution in [3.8, 4) is 0 Å². The second kappa shape index (κ2) is 4.86. The van der Waals surface area contributed by atoms with Crippen LogP contribution < -0.4 is 5.56 Å². The van der Waals surface area contributed by atoms with E-state index < -0.39 is 40.8 Å². The van der Waals surface area contributed by atoms with Gasteiger partial charge in [0.1, 0.15) is 0 Å². The number of pyridine rings is 1. The molecular formula is C12H13F4NO2. The van der Waals surface area contributed by atoms with Crippen LogP contribution in [-0.4, -0.2) is 9.94 Å². The van der Waals surface area contributed by atoms with Gasteiger partial charge in [0, 0.05) is 5.92 Å². The number of nitrogens with zero attached hydrogens (tertiary/aromatic N) is 1. The van der Waals surface area contributed by atoms with E-state index in [0.717, 1.165) is 19.3 Å². The molecule has 1 aliphatic rings. The van der Waals surface area contributed by atoms with Gasteiger partial charge in [0.25, 0.3) is 0 Å². The molecule has 0 unspecified atom stereocenters. The zero-order valence-electron chi connectivity index (χ0n) is 10.9. The Balaban J connectivity index is 2.68. The molecule has 1 saturated carbocycles. The molecular weight excluding hydrogens is 266 g/mol. The Morgan fingerprint density at radius 1 is 1.32 bits per heavy atom. The zero-order chi connectivity index (χ0) is 15.1. The molecule has 1 N–H and O–H groups in total. The SMILES string of the molecule is [2H]c1c(C(F)(F)F)c(F)c(=O)n(O)c1C1CCCCC1. The average Bonchev–Trinajstić information content (AvgIpc) is 2.36. The highest BCUT2D eigenvalue weighted by molar-refractivity contribution is 5.24. The Morgan fingerprint density at radius 3 is 2.42 bits per heavy atom. The maximum absolute atomic E-state index is 13.4. The molecule has 7 heteroatoms. The standard InChI is InChI=1S/C12H13F4NO2/c13-10-8(12(14,15)16)6-9(17(19)11(10)18)7-4-2-1-3-5-7/h6-7,19H,1-5H2/i6D. The van der Waals surface area contributed by atoms with E-state index in [1.807, 2.05) is 0 Å². The molecule has 0 atom stereocenters. The van der Waals surface area contributed by atoms with Crippen LogP contribution in [0.25, 0.3) is 0 Å². The van der Waals surface area contributed by atoms with Crippen molar-refractivity contribution in [3.63, 3.8) is 0 Å².